The number of carbonyl (C=O) groups excluding carboxylic acids is 2. The van der Waals surface area contributed by atoms with Crippen molar-refractivity contribution in [2.75, 3.05) is 13.1 Å². The Morgan fingerprint density at radius 2 is 1.59 bits per heavy atom. The van der Waals surface area contributed by atoms with Gasteiger partial charge in [0.2, 0.25) is 0 Å². The molecule has 2 amide bonds. The first-order valence-corrected chi connectivity index (χ1v) is 18.3. The van der Waals surface area contributed by atoms with Gasteiger partial charge in [-0.15, -0.1) is 0 Å². The topological polar surface area (TPSA) is 76.7 Å². The number of unbranched alkanes of at least 4 members (excludes halogenated alkanes) is 2. The molecule has 8 atom stereocenters. The fraction of sp³-hybridized carbons (Fsp3) is 0.895. The van der Waals surface area contributed by atoms with E-state index in [0.717, 1.165) is 74.0 Å². The molecule has 3 fully saturated rings. The molecule has 0 unspecified atom stereocenters. The predicted octanol–water partition coefficient (Wildman–Crippen LogP) is 9.82. The van der Waals surface area contributed by atoms with Crippen LogP contribution in [-0.4, -0.2) is 37.0 Å². The first-order valence-electron chi connectivity index (χ1n) is 18.3. The molecule has 0 saturated heterocycles. The number of hydrogen-bond acceptors (Lipinski definition) is 4. The predicted molar refractivity (Wildman–Crippen MR) is 179 cm³/mol. The SMILES string of the molecule is CC(C)CCC[C@@H](C)[C@H]1CC[C@H]2[C@@H]3CC=C4C[C@H](OC(=O)NCCCCCNC(=O)OC(C)(C)C)CC[C@]4(C)[C@H]3CC[C@]12C. The number of alkyl carbamates (subject to hydrolysis) is 2. The molecule has 0 aliphatic heterocycles. The Kier molecular flexibility index (Phi) is 11.8. The Labute approximate surface area is 269 Å². The molecule has 0 heterocycles. The highest BCUT2D eigenvalue weighted by atomic mass is 16.6. The van der Waals surface area contributed by atoms with E-state index >= 15 is 0 Å². The Hall–Kier alpha value is -1.72. The largest absolute Gasteiger partial charge is 0.446 e. The normalized spacial score (nSPS) is 33.8. The van der Waals surface area contributed by atoms with Crippen molar-refractivity contribution in [1.82, 2.24) is 10.6 Å². The second-order valence-electron chi connectivity index (χ2n) is 17.0. The molecule has 0 spiro atoms. The summed E-state index contributed by atoms with van der Waals surface area (Å²) in [5.41, 5.74) is 1.88. The quantitative estimate of drug-likeness (QED) is 0.169. The summed E-state index contributed by atoms with van der Waals surface area (Å²) in [7, 11) is 0. The number of carbonyl (C=O) groups is 2. The van der Waals surface area contributed by atoms with Crippen LogP contribution in [-0.2, 0) is 9.47 Å². The van der Waals surface area contributed by atoms with Crippen molar-refractivity contribution in [3.05, 3.63) is 11.6 Å². The summed E-state index contributed by atoms with van der Waals surface area (Å²) in [6, 6.07) is 0. The van der Waals surface area contributed by atoms with Crippen LogP contribution in [0.3, 0.4) is 0 Å². The van der Waals surface area contributed by atoms with Gasteiger partial charge in [0.25, 0.3) is 0 Å². The molecule has 44 heavy (non-hydrogen) atoms. The van der Waals surface area contributed by atoms with Crippen LogP contribution >= 0.6 is 0 Å². The van der Waals surface area contributed by atoms with Crippen LogP contribution in [0.1, 0.15) is 145 Å². The Morgan fingerprint density at radius 1 is 0.886 bits per heavy atom. The third-order valence-electron chi connectivity index (χ3n) is 12.3. The number of amides is 2. The van der Waals surface area contributed by atoms with Gasteiger partial charge in [0, 0.05) is 19.5 Å². The van der Waals surface area contributed by atoms with Gasteiger partial charge < -0.3 is 20.1 Å². The monoisotopic (exact) mass is 615 g/mol. The van der Waals surface area contributed by atoms with Gasteiger partial charge >= 0.3 is 12.2 Å². The minimum atomic E-state index is -0.482. The van der Waals surface area contributed by atoms with Crippen LogP contribution < -0.4 is 10.6 Å². The van der Waals surface area contributed by atoms with Gasteiger partial charge in [0.15, 0.2) is 0 Å². The molecule has 4 aliphatic rings. The summed E-state index contributed by atoms with van der Waals surface area (Å²) in [5.74, 6) is 5.06. The van der Waals surface area contributed by atoms with E-state index in [1.165, 1.54) is 51.4 Å². The lowest BCUT2D eigenvalue weighted by Crippen LogP contribution is -2.51. The van der Waals surface area contributed by atoms with E-state index in [1.54, 1.807) is 5.57 Å². The van der Waals surface area contributed by atoms with Gasteiger partial charge in [0.1, 0.15) is 11.7 Å². The van der Waals surface area contributed by atoms with Crippen molar-refractivity contribution in [3.63, 3.8) is 0 Å². The molecule has 2 N–H and O–H groups in total. The van der Waals surface area contributed by atoms with Crippen LogP contribution in [0.2, 0.25) is 0 Å². The van der Waals surface area contributed by atoms with Crippen molar-refractivity contribution in [3.8, 4) is 0 Å². The summed E-state index contributed by atoms with van der Waals surface area (Å²) in [6.45, 7) is 19.3. The summed E-state index contributed by atoms with van der Waals surface area (Å²) < 4.78 is 11.2. The molecule has 0 aromatic heterocycles. The maximum atomic E-state index is 12.6. The summed E-state index contributed by atoms with van der Waals surface area (Å²) in [5, 5.41) is 5.74. The zero-order valence-corrected chi connectivity index (χ0v) is 29.6. The molecule has 3 saturated carbocycles. The van der Waals surface area contributed by atoms with Crippen molar-refractivity contribution in [2.45, 2.75) is 157 Å². The standard InChI is InChI=1S/C38H66N2O4/c1-26(2)13-12-14-27(3)31-17-18-32-30-16-15-28-25-29(19-21-37(28,7)33(30)20-22-38(31,32)8)43-34(41)39-23-10-9-11-24-40-35(42)44-36(4,5)6/h15,26-27,29-33H,9-14,16-25H2,1-8H3,(H,39,41)(H,40,42)/t27-,29-,30+,31-,32+,33+,37+,38-/m1/s1. The lowest BCUT2D eigenvalue weighted by Gasteiger charge is -2.58. The summed E-state index contributed by atoms with van der Waals surface area (Å²) >= 11 is 0. The second-order valence-corrected chi connectivity index (χ2v) is 17.0. The zero-order valence-electron chi connectivity index (χ0n) is 29.6. The van der Waals surface area contributed by atoms with E-state index < -0.39 is 5.60 Å². The van der Waals surface area contributed by atoms with Gasteiger partial charge in [-0.25, -0.2) is 9.59 Å². The molecule has 0 bridgehead atoms. The van der Waals surface area contributed by atoms with Gasteiger partial charge in [-0.1, -0.05) is 65.5 Å². The van der Waals surface area contributed by atoms with E-state index in [1.807, 2.05) is 20.8 Å². The Balaban J connectivity index is 1.20. The smallest absolute Gasteiger partial charge is 0.407 e. The highest BCUT2D eigenvalue weighted by Crippen LogP contribution is 2.67. The molecule has 4 aliphatic carbocycles. The van der Waals surface area contributed by atoms with Gasteiger partial charge in [0.05, 0.1) is 0 Å². The van der Waals surface area contributed by atoms with Crippen LogP contribution in [0.25, 0.3) is 0 Å². The molecule has 0 aromatic rings. The molecule has 252 valence electrons. The highest BCUT2D eigenvalue weighted by Gasteiger charge is 2.59. The summed E-state index contributed by atoms with van der Waals surface area (Å²) in [4.78, 5) is 24.3. The fourth-order valence-corrected chi connectivity index (χ4v) is 10.1. The van der Waals surface area contributed by atoms with Gasteiger partial charge in [-0.3, -0.25) is 0 Å². The molecular weight excluding hydrogens is 548 g/mol. The Morgan fingerprint density at radius 3 is 2.27 bits per heavy atom. The minimum absolute atomic E-state index is 0.0136. The molecular formula is C38H66N2O4. The molecule has 6 heteroatoms. The highest BCUT2D eigenvalue weighted by molar-refractivity contribution is 5.67. The number of nitrogens with one attached hydrogen (secondary N) is 2. The van der Waals surface area contributed by atoms with Crippen molar-refractivity contribution >= 4 is 12.2 Å². The Bertz CT molecular complexity index is 1000. The van der Waals surface area contributed by atoms with E-state index in [-0.39, 0.29) is 23.7 Å². The lowest BCUT2D eigenvalue weighted by molar-refractivity contribution is -0.0581. The second kappa shape index (κ2) is 14.8. The molecule has 6 nitrogen and oxygen atoms in total. The van der Waals surface area contributed by atoms with Crippen LogP contribution in [0.15, 0.2) is 11.6 Å². The molecule has 4 rings (SSSR count). The van der Waals surface area contributed by atoms with Crippen LogP contribution in [0.4, 0.5) is 9.59 Å². The van der Waals surface area contributed by atoms with E-state index in [2.05, 4.69) is 51.3 Å². The third-order valence-corrected chi connectivity index (χ3v) is 12.3. The van der Waals surface area contributed by atoms with Crippen LogP contribution in [0, 0.1) is 46.3 Å². The first kappa shape index (κ1) is 35.1. The van der Waals surface area contributed by atoms with Gasteiger partial charge in [-0.2, -0.15) is 0 Å². The van der Waals surface area contributed by atoms with E-state index in [4.69, 9.17) is 9.47 Å². The van der Waals surface area contributed by atoms with Gasteiger partial charge in [-0.05, 0) is 131 Å². The molecule has 0 radical (unpaired) electrons. The van der Waals surface area contributed by atoms with E-state index in [0.29, 0.717) is 18.5 Å². The number of allylic oxidation sites excluding steroid dienone is 1. The maximum Gasteiger partial charge on any atom is 0.407 e. The zero-order chi connectivity index (χ0) is 32.1. The number of ether oxygens (including phenoxy) is 2. The van der Waals surface area contributed by atoms with Crippen molar-refractivity contribution in [1.29, 1.82) is 0 Å². The third kappa shape index (κ3) is 8.55. The number of rotatable bonds is 12. The number of fused-ring (bicyclic) bond motifs is 5. The lowest BCUT2D eigenvalue weighted by atomic mass is 9.47. The van der Waals surface area contributed by atoms with E-state index in [9.17, 15) is 9.59 Å². The average molecular weight is 615 g/mol. The first-order chi connectivity index (χ1) is 20.7. The minimum Gasteiger partial charge on any atom is -0.446 e. The maximum absolute atomic E-state index is 12.6. The van der Waals surface area contributed by atoms with Crippen LogP contribution in [0.5, 0.6) is 0 Å². The average Bonchev–Trinajstić information content (AvgIpc) is 3.29. The van der Waals surface area contributed by atoms with Crippen molar-refractivity contribution < 1.29 is 19.1 Å². The number of hydrogen-bond donors (Lipinski definition) is 2. The molecule has 0 aromatic carbocycles. The van der Waals surface area contributed by atoms with Crippen molar-refractivity contribution in [2.24, 2.45) is 46.3 Å². The summed E-state index contributed by atoms with van der Waals surface area (Å²) in [6.07, 6.45) is 18.6. The fourth-order valence-electron chi connectivity index (χ4n) is 10.1.